The van der Waals surface area contributed by atoms with Gasteiger partial charge in [-0.05, 0) is 36.4 Å². The quantitative estimate of drug-likeness (QED) is 0.660. The SMILES string of the molecule is Nc1c(Nc2c(F)cccc2F)cccc1Oc1ccccc1. The number of hydrogen-bond donors (Lipinski definition) is 2. The topological polar surface area (TPSA) is 47.3 Å². The second-order valence-electron chi connectivity index (χ2n) is 4.85. The van der Waals surface area contributed by atoms with Gasteiger partial charge in [-0.25, -0.2) is 8.78 Å². The van der Waals surface area contributed by atoms with Gasteiger partial charge < -0.3 is 15.8 Å². The third kappa shape index (κ3) is 3.23. The number of halogens is 2. The number of nitrogens with one attached hydrogen (secondary N) is 1. The summed E-state index contributed by atoms with van der Waals surface area (Å²) in [7, 11) is 0. The van der Waals surface area contributed by atoms with Gasteiger partial charge in [-0.3, -0.25) is 0 Å². The minimum atomic E-state index is -0.696. The molecule has 0 aliphatic rings. The Kier molecular flexibility index (Phi) is 4.10. The zero-order chi connectivity index (χ0) is 16.2. The van der Waals surface area contributed by atoms with E-state index in [4.69, 9.17) is 10.5 Å². The van der Waals surface area contributed by atoms with Crippen LogP contribution in [0.2, 0.25) is 0 Å². The van der Waals surface area contributed by atoms with Crippen LogP contribution in [0.4, 0.5) is 25.8 Å². The Morgan fingerprint density at radius 2 is 1.43 bits per heavy atom. The van der Waals surface area contributed by atoms with Gasteiger partial charge in [-0.2, -0.15) is 0 Å². The van der Waals surface area contributed by atoms with Crippen molar-refractivity contribution < 1.29 is 13.5 Å². The van der Waals surface area contributed by atoms with E-state index in [0.717, 1.165) is 0 Å². The highest BCUT2D eigenvalue weighted by Gasteiger charge is 2.12. The summed E-state index contributed by atoms with van der Waals surface area (Å²) in [6.45, 7) is 0. The number of nitrogen functional groups attached to an aromatic ring is 1. The van der Waals surface area contributed by atoms with Crippen molar-refractivity contribution in [3.63, 3.8) is 0 Å². The summed E-state index contributed by atoms with van der Waals surface area (Å²) in [5, 5.41) is 2.68. The van der Waals surface area contributed by atoms with Gasteiger partial charge in [0, 0.05) is 0 Å². The molecule has 0 radical (unpaired) electrons. The molecule has 0 aliphatic heterocycles. The van der Waals surface area contributed by atoms with E-state index < -0.39 is 11.6 Å². The summed E-state index contributed by atoms with van der Waals surface area (Å²) in [5.41, 5.74) is 6.42. The molecule has 0 aromatic heterocycles. The van der Waals surface area contributed by atoms with Crippen molar-refractivity contribution in [2.45, 2.75) is 0 Å². The number of nitrogens with two attached hydrogens (primary N) is 1. The van der Waals surface area contributed by atoms with E-state index in [-0.39, 0.29) is 11.4 Å². The van der Waals surface area contributed by atoms with Crippen LogP contribution >= 0.6 is 0 Å². The smallest absolute Gasteiger partial charge is 0.152 e. The van der Waals surface area contributed by atoms with Crippen LogP contribution < -0.4 is 15.8 Å². The maximum atomic E-state index is 13.7. The fourth-order valence-electron chi connectivity index (χ4n) is 2.11. The largest absolute Gasteiger partial charge is 0.455 e. The highest BCUT2D eigenvalue weighted by atomic mass is 19.1. The summed E-state index contributed by atoms with van der Waals surface area (Å²) in [4.78, 5) is 0. The lowest BCUT2D eigenvalue weighted by Crippen LogP contribution is -2.02. The molecule has 3 aromatic rings. The van der Waals surface area contributed by atoms with Crippen LogP contribution in [0.15, 0.2) is 66.7 Å². The molecule has 3 aromatic carbocycles. The predicted octanol–water partition coefficient (Wildman–Crippen LogP) is 5.08. The van der Waals surface area contributed by atoms with Gasteiger partial charge in [0.15, 0.2) is 5.75 Å². The first-order valence-corrected chi connectivity index (χ1v) is 6.97. The first kappa shape index (κ1) is 14.8. The van der Waals surface area contributed by atoms with Crippen LogP contribution in [0.1, 0.15) is 0 Å². The second kappa shape index (κ2) is 6.36. The van der Waals surface area contributed by atoms with Crippen molar-refractivity contribution >= 4 is 17.1 Å². The number of ether oxygens (including phenoxy) is 1. The second-order valence-corrected chi connectivity index (χ2v) is 4.85. The van der Waals surface area contributed by atoms with E-state index in [2.05, 4.69) is 5.32 Å². The zero-order valence-electron chi connectivity index (χ0n) is 12.1. The predicted molar refractivity (Wildman–Crippen MR) is 87.0 cm³/mol. The van der Waals surface area contributed by atoms with E-state index in [9.17, 15) is 8.78 Å². The summed E-state index contributed by atoms with van der Waals surface area (Å²) in [6.07, 6.45) is 0. The number of hydrogen-bond acceptors (Lipinski definition) is 3. The van der Waals surface area contributed by atoms with E-state index in [0.29, 0.717) is 17.2 Å². The highest BCUT2D eigenvalue weighted by Crippen LogP contribution is 2.35. The lowest BCUT2D eigenvalue weighted by Gasteiger charge is -2.14. The third-order valence-corrected chi connectivity index (χ3v) is 3.26. The maximum Gasteiger partial charge on any atom is 0.152 e. The van der Waals surface area contributed by atoms with E-state index in [1.165, 1.54) is 18.2 Å². The first-order valence-electron chi connectivity index (χ1n) is 6.97. The Balaban J connectivity index is 1.91. The summed E-state index contributed by atoms with van der Waals surface area (Å²) < 4.78 is 33.2. The number of para-hydroxylation sites is 3. The molecule has 0 heterocycles. The minimum absolute atomic E-state index is 0.254. The summed E-state index contributed by atoms with van der Waals surface area (Å²) in [5.74, 6) is -0.371. The maximum absolute atomic E-state index is 13.7. The number of rotatable bonds is 4. The van der Waals surface area contributed by atoms with Gasteiger partial charge in [0.25, 0.3) is 0 Å². The molecule has 23 heavy (non-hydrogen) atoms. The average Bonchev–Trinajstić information content (AvgIpc) is 2.55. The Hall–Kier alpha value is -3.08. The zero-order valence-corrected chi connectivity index (χ0v) is 12.1. The van der Waals surface area contributed by atoms with Gasteiger partial charge >= 0.3 is 0 Å². The molecule has 3 nitrogen and oxygen atoms in total. The monoisotopic (exact) mass is 312 g/mol. The van der Waals surface area contributed by atoms with E-state index in [1.54, 1.807) is 30.3 Å². The fraction of sp³-hybridized carbons (Fsp3) is 0. The molecule has 0 aliphatic carbocycles. The molecule has 0 atom stereocenters. The minimum Gasteiger partial charge on any atom is -0.455 e. The van der Waals surface area contributed by atoms with Gasteiger partial charge in [0.2, 0.25) is 0 Å². The van der Waals surface area contributed by atoms with Crippen molar-refractivity contribution in [3.05, 3.63) is 78.4 Å². The molecule has 3 rings (SSSR count). The average molecular weight is 312 g/mol. The number of anilines is 3. The van der Waals surface area contributed by atoms with Crippen LogP contribution in [0.25, 0.3) is 0 Å². The molecule has 0 saturated carbocycles. The molecule has 3 N–H and O–H groups in total. The Morgan fingerprint density at radius 3 is 2.13 bits per heavy atom. The van der Waals surface area contributed by atoms with Gasteiger partial charge in [0.1, 0.15) is 23.1 Å². The molecule has 0 bridgehead atoms. The standard InChI is InChI=1S/C18H14F2N2O/c19-13-8-4-9-14(20)18(13)22-15-10-5-11-16(17(15)21)23-12-6-2-1-3-7-12/h1-11,22H,21H2. The molecule has 0 unspecified atom stereocenters. The van der Waals surface area contributed by atoms with E-state index >= 15 is 0 Å². The Bertz CT molecular complexity index is 802. The molecule has 5 heteroatoms. The number of benzene rings is 3. The van der Waals surface area contributed by atoms with E-state index in [1.807, 2.05) is 18.2 Å². The molecule has 0 spiro atoms. The lowest BCUT2D eigenvalue weighted by molar-refractivity contribution is 0.485. The summed E-state index contributed by atoms with van der Waals surface area (Å²) >= 11 is 0. The highest BCUT2D eigenvalue weighted by molar-refractivity contribution is 5.78. The molecule has 0 amide bonds. The summed E-state index contributed by atoms with van der Waals surface area (Å²) in [6, 6.07) is 17.8. The fourth-order valence-corrected chi connectivity index (χ4v) is 2.11. The van der Waals surface area contributed by atoms with Gasteiger partial charge in [0.05, 0.1) is 11.4 Å². The van der Waals surface area contributed by atoms with Crippen LogP contribution in [0.5, 0.6) is 11.5 Å². The van der Waals surface area contributed by atoms with Crippen molar-refractivity contribution in [2.75, 3.05) is 11.1 Å². The van der Waals surface area contributed by atoms with Crippen LogP contribution in [0, 0.1) is 11.6 Å². The molecular weight excluding hydrogens is 298 g/mol. The Morgan fingerprint density at radius 1 is 0.783 bits per heavy atom. The normalized spacial score (nSPS) is 10.3. The first-order chi connectivity index (χ1) is 11.1. The molecular formula is C18H14F2N2O. The van der Waals surface area contributed by atoms with Crippen LogP contribution in [0.3, 0.4) is 0 Å². The molecule has 0 saturated heterocycles. The Labute approximate surface area is 132 Å². The third-order valence-electron chi connectivity index (χ3n) is 3.26. The molecule has 0 fully saturated rings. The van der Waals surface area contributed by atoms with Crippen molar-refractivity contribution in [2.24, 2.45) is 0 Å². The van der Waals surface area contributed by atoms with Gasteiger partial charge in [-0.1, -0.05) is 30.3 Å². The van der Waals surface area contributed by atoms with Crippen LogP contribution in [-0.2, 0) is 0 Å². The van der Waals surface area contributed by atoms with Crippen LogP contribution in [-0.4, -0.2) is 0 Å². The van der Waals surface area contributed by atoms with Gasteiger partial charge in [-0.15, -0.1) is 0 Å². The molecule has 116 valence electrons. The van der Waals surface area contributed by atoms with Crippen molar-refractivity contribution in [3.8, 4) is 11.5 Å². The van der Waals surface area contributed by atoms with Crippen molar-refractivity contribution in [1.82, 2.24) is 0 Å². The van der Waals surface area contributed by atoms with Crippen molar-refractivity contribution in [1.29, 1.82) is 0 Å². The lowest BCUT2D eigenvalue weighted by atomic mass is 10.2.